The topological polar surface area (TPSA) is 177 Å². The zero-order chi connectivity index (χ0) is 30.2. The highest BCUT2D eigenvalue weighted by atomic mass is 16.7. The number of hydrogen-bond donors (Lipinski definition) is 3. The Morgan fingerprint density at radius 3 is 2.37 bits per heavy atom. The van der Waals surface area contributed by atoms with Crippen molar-refractivity contribution in [3.05, 3.63) is 60.2 Å². The van der Waals surface area contributed by atoms with Crippen molar-refractivity contribution in [3.63, 3.8) is 0 Å². The molecule has 2 heterocycles. The summed E-state index contributed by atoms with van der Waals surface area (Å²) in [7, 11) is 1.58. The lowest BCUT2D eigenvalue weighted by molar-refractivity contribution is -0.155. The average Bonchev–Trinajstić information content (AvgIpc) is 3.23. The van der Waals surface area contributed by atoms with E-state index in [4.69, 9.17) is 9.31 Å². The van der Waals surface area contributed by atoms with E-state index >= 15 is 0 Å². The van der Waals surface area contributed by atoms with Crippen LogP contribution in [0, 0.1) is 5.92 Å². The Kier molecular flexibility index (Phi) is 10.5. The predicted octanol–water partition coefficient (Wildman–Crippen LogP) is 0.641. The molecule has 1 fully saturated rings. The molecule has 3 amide bonds. The number of nitrogens with one attached hydrogen (secondary N) is 2. The molecule has 3 N–H and O–H groups in total. The number of aliphatic carboxylic acids is 1. The lowest BCUT2D eigenvalue weighted by Crippen LogP contribution is -2.56. The second-order valence-corrected chi connectivity index (χ2v) is 10.5. The zero-order valence-corrected chi connectivity index (χ0v) is 23.4. The van der Waals surface area contributed by atoms with E-state index in [9.17, 15) is 29.1 Å². The van der Waals surface area contributed by atoms with Crippen molar-refractivity contribution in [1.29, 1.82) is 0 Å². The van der Waals surface area contributed by atoms with Gasteiger partial charge in [0.15, 0.2) is 5.60 Å². The van der Waals surface area contributed by atoms with Gasteiger partial charge in [-0.15, -0.1) is 0 Å². The Hall–Kier alpha value is -4.33. The summed E-state index contributed by atoms with van der Waals surface area (Å²) in [6, 6.07) is 8.00. The number of hydrogen-bond acceptors (Lipinski definition) is 9. The molecule has 2 unspecified atom stereocenters. The van der Waals surface area contributed by atoms with Gasteiger partial charge < -0.3 is 29.9 Å². The first-order valence-corrected chi connectivity index (χ1v) is 13.1. The van der Waals surface area contributed by atoms with Gasteiger partial charge in [-0.3, -0.25) is 29.0 Å². The van der Waals surface area contributed by atoms with Gasteiger partial charge in [0.2, 0.25) is 11.8 Å². The number of rotatable bonds is 13. The molecule has 1 aromatic heterocycles. The predicted molar refractivity (Wildman–Crippen MR) is 146 cm³/mol. The largest absolute Gasteiger partial charge is 0.552 e. The van der Waals surface area contributed by atoms with Crippen LogP contribution in [0.25, 0.3) is 0 Å². The van der Waals surface area contributed by atoms with Gasteiger partial charge in [0, 0.05) is 32.9 Å². The summed E-state index contributed by atoms with van der Waals surface area (Å²) in [5.74, 6) is -5.00. The first kappa shape index (κ1) is 31.2. The van der Waals surface area contributed by atoms with Gasteiger partial charge in [-0.05, 0) is 17.9 Å². The van der Waals surface area contributed by atoms with Gasteiger partial charge in [0.25, 0.3) is 5.91 Å². The van der Waals surface area contributed by atoms with Gasteiger partial charge in [0.1, 0.15) is 11.7 Å². The molecule has 3 atom stereocenters. The Morgan fingerprint density at radius 2 is 1.78 bits per heavy atom. The first-order chi connectivity index (χ1) is 19.4. The second kappa shape index (κ2) is 13.8. The van der Waals surface area contributed by atoms with E-state index in [-0.39, 0.29) is 24.5 Å². The summed E-state index contributed by atoms with van der Waals surface area (Å²) in [6.07, 6.45) is 3.13. The highest BCUT2D eigenvalue weighted by molar-refractivity contribution is 6.51. The van der Waals surface area contributed by atoms with Crippen LogP contribution in [0.2, 0.25) is 0 Å². The van der Waals surface area contributed by atoms with Crippen molar-refractivity contribution in [2.24, 2.45) is 5.92 Å². The number of nitrogens with zero attached hydrogens (tertiary/aromatic N) is 3. The minimum absolute atomic E-state index is 0.0118. The fourth-order valence-electron chi connectivity index (χ4n) is 4.35. The van der Waals surface area contributed by atoms with Gasteiger partial charge >= 0.3 is 19.1 Å². The molecule has 13 nitrogen and oxygen atoms in total. The maximum Gasteiger partial charge on any atom is 0.552 e. The van der Waals surface area contributed by atoms with Gasteiger partial charge in [0.05, 0.1) is 25.0 Å². The standard InChI is InChI=1S/C27H34BN5O8/c1-17(2)12-21(28-40-26(39)27(41-28,15-23(35)36)14-22(34)33(3)4)32-24(37)19(13-18-8-6-5-7-9-18)31-25(38)20-16-29-10-11-30-20/h5-11,16-17,19,21H,12-15H2,1-4H3,(H,31,38)(H,32,37)(H,35,36)/t19?,21-,27?/m0/s1. The Labute approximate surface area is 238 Å². The molecular weight excluding hydrogens is 533 g/mol. The molecule has 0 radical (unpaired) electrons. The molecule has 0 bridgehead atoms. The van der Waals surface area contributed by atoms with Crippen molar-refractivity contribution < 1.29 is 38.4 Å². The van der Waals surface area contributed by atoms with Gasteiger partial charge in [-0.25, -0.2) is 4.98 Å². The highest BCUT2D eigenvalue weighted by Gasteiger charge is 2.58. The van der Waals surface area contributed by atoms with E-state index in [0.29, 0.717) is 0 Å². The van der Waals surface area contributed by atoms with Crippen LogP contribution in [0.1, 0.15) is 49.2 Å². The van der Waals surface area contributed by atoms with Crippen LogP contribution in [0.4, 0.5) is 0 Å². The number of aromatic nitrogens is 2. The van der Waals surface area contributed by atoms with Crippen LogP contribution in [0.5, 0.6) is 0 Å². The van der Waals surface area contributed by atoms with Gasteiger partial charge in [-0.1, -0.05) is 44.2 Å². The van der Waals surface area contributed by atoms with Crippen molar-refractivity contribution in [3.8, 4) is 0 Å². The lowest BCUT2D eigenvalue weighted by Gasteiger charge is -2.27. The minimum Gasteiger partial charge on any atom is -0.506 e. The van der Waals surface area contributed by atoms with E-state index in [2.05, 4.69) is 20.6 Å². The molecule has 14 heteroatoms. The number of carboxylic acids is 1. The van der Waals surface area contributed by atoms with Crippen molar-refractivity contribution in [2.45, 2.75) is 57.1 Å². The van der Waals surface area contributed by atoms with E-state index in [0.717, 1.165) is 5.56 Å². The van der Waals surface area contributed by atoms with Gasteiger partial charge in [-0.2, -0.15) is 0 Å². The van der Waals surface area contributed by atoms with Crippen molar-refractivity contribution in [2.75, 3.05) is 14.1 Å². The van der Waals surface area contributed by atoms with E-state index < -0.39 is 67.2 Å². The molecule has 1 aliphatic heterocycles. The first-order valence-electron chi connectivity index (χ1n) is 13.1. The Bertz CT molecular complexity index is 1250. The molecule has 2 aromatic rings. The summed E-state index contributed by atoms with van der Waals surface area (Å²) < 4.78 is 11.3. The average molecular weight is 567 g/mol. The van der Waals surface area contributed by atoms with Crippen LogP contribution in [-0.2, 0) is 34.9 Å². The smallest absolute Gasteiger partial charge is 0.506 e. The molecule has 3 rings (SSSR count). The monoisotopic (exact) mass is 567 g/mol. The SMILES string of the molecule is CC(C)C[C@H](NC(=O)C(Cc1ccccc1)NC(=O)c1cnccn1)B1OC(=O)C(CC(=O)O)(CC(=O)N(C)C)O1. The molecule has 1 aliphatic rings. The molecule has 1 saturated heterocycles. The number of carbonyl (C=O) groups is 5. The third kappa shape index (κ3) is 8.58. The van der Waals surface area contributed by atoms with Crippen LogP contribution >= 0.6 is 0 Å². The molecule has 0 saturated carbocycles. The minimum atomic E-state index is -2.05. The molecule has 0 spiro atoms. The maximum absolute atomic E-state index is 13.6. The van der Waals surface area contributed by atoms with Crippen LogP contribution in [0.3, 0.4) is 0 Å². The number of benzene rings is 1. The third-order valence-electron chi connectivity index (χ3n) is 6.39. The quantitative estimate of drug-likeness (QED) is 0.291. The Balaban J connectivity index is 1.86. The third-order valence-corrected chi connectivity index (χ3v) is 6.39. The highest BCUT2D eigenvalue weighted by Crippen LogP contribution is 2.33. The molecule has 1 aromatic carbocycles. The number of carbonyl (C=O) groups excluding carboxylic acids is 4. The number of carboxylic acid groups (broad SMARTS) is 1. The number of amides is 3. The molecule has 41 heavy (non-hydrogen) atoms. The summed E-state index contributed by atoms with van der Waals surface area (Å²) in [5, 5.41) is 15.0. The molecule has 0 aliphatic carbocycles. The summed E-state index contributed by atoms with van der Waals surface area (Å²) in [6.45, 7) is 3.76. The van der Waals surface area contributed by atoms with Crippen molar-refractivity contribution in [1.82, 2.24) is 25.5 Å². The van der Waals surface area contributed by atoms with E-state index in [1.165, 1.54) is 37.6 Å². The van der Waals surface area contributed by atoms with Crippen LogP contribution in [-0.4, -0.2) is 88.4 Å². The zero-order valence-electron chi connectivity index (χ0n) is 23.4. The summed E-state index contributed by atoms with van der Waals surface area (Å²) in [4.78, 5) is 72.7. The lowest BCUT2D eigenvalue weighted by atomic mass is 9.73. The second-order valence-electron chi connectivity index (χ2n) is 10.5. The van der Waals surface area contributed by atoms with Crippen molar-refractivity contribution >= 4 is 36.8 Å². The van der Waals surface area contributed by atoms with E-state index in [1.54, 1.807) is 12.1 Å². The fraction of sp³-hybridized carbons (Fsp3) is 0.444. The van der Waals surface area contributed by atoms with Crippen LogP contribution in [0.15, 0.2) is 48.9 Å². The fourth-order valence-corrected chi connectivity index (χ4v) is 4.35. The Morgan fingerprint density at radius 1 is 1.07 bits per heavy atom. The maximum atomic E-state index is 13.6. The summed E-state index contributed by atoms with van der Waals surface area (Å²) in [5.41, 5.74) is -1.26. The molecule has 218 valence electrons. The molecular formula is C27H34BN5O8. The summed E-state index contributed by atoms with van der Waals surface area (Å²) >= 11 is 0. The van der Waals surface area contributed by atoms with Crippen LogP contribution < -0.4 is 10.6 Å². The normalized spacial score (nSPS) is 17.9. The van der Waals surface area contributed by atoms with E-state index in [1.807, 2.05) is 32.0 Å².